The summed E-state index contributed by atoms with van der Waals surface area (Å²) in [5, 5.41) is 0.723. The van der Waals surface area contributed by atoms with E-state index in [2.05, 4.69) is 36.2 Å². The molecule has 1 aromatic carbocycles. The molecule has 2 aromatic rings. The van der Waals surface area contributed by atoms with E-state index in [1.54, 1.807) is 11.3 Å². The van der Waals surface area contributed by atoms with Crippen molar-refractivity contribution < 1.29 is 0 Å². The molecule has 0 bridgehead atoms. The first-order chi connectivity index (χ1) is 8.24. The Hall–Kier alpha value is -1.35. The van der Waals surface area contributed by atoms with Crippen LogP contribution in [0.1, 0.15) is 34.0 Å². The lowest BCUT2D eigenvalue weighted by Crippen LogP contribution is -2.12. The molecule has 1 unspecified atom stereocenters. The van der Waals surface area contributed by atoms with Gasteiger partial charge in [-0.15, -0.1) is 11.3 Å². The average Bonchev–Trinajstić information content (AvgIpc) is 2.68. The number of fused-ring (bicyclic) bond motifs is 1. The first-order valence-electron chi connectivity index (χ1n) is 6.03. The van der Waals surface area contributed by atoms with E-state index in [-0.39, 0.29) is 0 Å². The van der Waals surface area contributed by atoms with E-state index in [0.29, 0.717) is 5.92 Å². The van der Waals surface area contributed by atoms with Gasteiger partial charge in [0.1, 0.15) is 0 Å². The molecule has 0 fully saturated rings. The van der Waals surface area contributed by atoms with Crippen LogP contribution < -0.4 is 5.73 Å². The molecule has 0 radical (unpaired) electrons. The van der Waals surface area contributed by atoms with E-state index in [0.717, 1.165) is 18.0 Å². The van der Waals surface area contributed by atoms with Crippen LogP contribution in [0.2, 0.25) is 0 Å². The Bertz CT molecular complexity index is 545. The van der Waals surface area contributed by atoms with Gasteiger partial charge in [-0.05, 0) is 43.2 Å². The Morgan fingerprint density at radius 1 is 1.35 bits per heavy atom. The van der Waals surface area contributed by atoms with Crippen LogP contribution in [-0.4, -0.2) is 4.98 Å². The third kappa shape index (κ3) is 1.95. The van der Waals surface area contributed by atoms with E-state index >= 15 is 0 Å². The maximum atomic E-state index is 5.78. The smallest absolute Gasteiger partial charge is 0.180 e. The summed E-state index contributed by atoms with van der Waals surface area (Å²) in [5.41, 5.74) is 9.91. The van der Waals surface area contributed by atoms with E-state index in [4.69, 9.17) is 5.73 Å². The molecule has 0 amide bonds. The summed E-state index contributed by atoms with van der Waals surface area (Å²) in [5.74, 6) is 0.642. The molecule has 1 aromatic heterocycles. The Labute approximate surface area is 106 Å². The predicted octanol–water partition coefficient (Wildman–Crippen LogP) is 3.31. The second-order valence-corrected chi connectivity index (χ2v) is 5.83. The summed E-state index contributed by atoms with van der Waals surface area (Å²) in [4.78, 5) is 5.79. The molecule has 2 N–H and O–H groups in total. The van der Waals surface area contributed by atoms with Gasteiger partial charge in [-0.1, -0.05) is 24.3 Å². The number of aryl methyl sites for hydroxylation is 2. The molecule has 0 saturated heterocycles. The number of nitrogen functional groups attached to an aromatic ring is 1. The Morgan fingerprint density at radius 3 is 3.00 bits per heavy atom. The highest BCUT2D eigenvalue weighted by molar-refractivity contribution is 7.15. The summed E-state index contributed by atoms with van der Waals surface area (Å²) in [7, 11) is 0. The van der Waals surface area contributed by atoms with Crippen LogP contribution in [0.5, 0.6) is 0 Å². The largest absolute Gasteiger partial charge is 0.375 e. The van der Waals surface area contributed by atoms with E-state index in [1.165, 1.54) is 28.1 Å². The van der Waals surface area contributed by atoms with Gasteiger partial charge in [0.25, 0.3) is 0 Å². The van der Waals surface area contributed by atoms with Crippen molar-refractivity contribution in [1.82, 2.24) is 4.98 Å². The lowest BCUT2D eigenvalue weighted by atomic mass is 9.83. The van der Waals surface area contributed by atoms with Crippen molar-refractivity contribution in [3.63, 3.8) is 0 Å². The van der Waals surface area contributed by atoms with Crippen molar-refractivity contribution in [2.24, 2.45) is 0 Å². The molecule has 1 aliphatic carbocycles. The summed E-state index contributed by atoms with van der Waals surface area (Å²) in [6, 6.07) is 8.71. The van der Waals surface area contributed by atoms with Gasteiger partial charge >= 0.3 is 0 Å². The monoisotopic (exact) mass is 244 g/mol. The maximum absolute atomic E-state index is 5.78. The van der Waals surface area contributed by atoms with Crippen LogP contribution in [0.25, 0.3) is 0 Å². The minimum Gasteiger partial charge on any atom is -0.375 e. The van der Waals surface area contributed by atoms with Crippen molar-refractivity contribution in [2.45, 2.75) is 32.1 Å². The van der Waals surface area contributed by atoms with Gasteiger partial charge in [0.2, 0.25) is 0 Å². The van der Waals surface area contributed by atoms with Crippen LogP contribution in [-0.2, 0) is 12.8 Å². The first kappa shape index (κ1) is 10.8. The predicted molar refractivity (Wildman–Crippen MR) is 72.5 cm³/mol. The summed E-state index contributed by atoms with van der Waals surface area (Å²) < 4.78 is 0. The fraction of sp³-hybridized carbons (Fsp3) is 0.357. The Balaban J connectivity index is 1.91. The van der Waals surface area contributed by atoms with Gasteiger partial charge in [0, 0.05) is 4.88 Å². The maximum Gasteiger partial charge on any atom is 0.180 e. The number of benzene rings is 1. The number of thiazole rings is 1. The van der Waals surface area contributed by atoms with Crippen LogP contribution in [0, 0.1) is 6.92 Å². The minimum absolute atomic E-state index is 0.642. The Kier molecular flexibility index (Phi) is 2.63. The van der Waals surface area contributed by atoms with Gasteiger partial charge in [0.15, 0.2) is 5.13 Å². The highest BCUT2D eigenvalue weighted by Gasteiger charge is 2.23. The highest BCUT2D eigenvalue weighted by atomic mass is 32.1. The highest BCUT2D eigenvalue weighted by Crippen LogP contribution is 2.36. The zero-order chi connectivity index (χ0) is 11.8. The average molecular weight is 244 g/mol. The molecular formula is C14H16N2S. The molecule has 0 aliphatic heterocycles. The third-order valence-corrected chi connectivity index (χ3v) is 4.53. The van der Waals surface area contributed by atoms with Crippen molar-refractivity contribution >= 4 is 16.5 Å². The van der Waals surface area contributed by atoms with Crippen LogP contribution in [0.15, 0.2) is 24.3 Å². The van der Waals surface area contributed by atoms with Crippen molar-refractivity contribution in [1.29, 1.82) is 0 Å². The van der Waals surface area contributed by atoms with Gasteiger partial charge in [-0.2, -0.15) is 0 Å². The van der Waals surface area contributed by atoms with Crippen LogP contribution >= 0.6 is 11.3 Å². The van der Waals surface area contributed by atoms with Crippen LogP contribution in [0.3, 0.4) is 0 Å². The molecule has 0 saturated carbocycles. The number of rotatable bonds is 1. The molecular weight excluding hydrogens is 228 g/mol. The van der Waals surface area contributed by atoms with Gasteiger partial charge < -0.3 is 5.73 Å². The molecule has 3 heteroatoms. The van der Waals surface area contributed by atoms with Crippen molar-refractivity contribution in [2.75, 3.05) is 5.73 Å². The number of aromatic nitrogens is 1. The molecule has 3 rings (SSSR count). The van der Waals surface area contributed by atoms with Gasteiger partial charge in [-0.25, -0.2) is 4.98 Å². The standard InChI is InChI=1S/C14H16N2S/c1-9-4-2-3-5-11(9)10-6-7-12-13(8-10)17-14(15)16-12/h2-5,10H,6-8H2,1H3,(H2,15,16). The quantitative estimate of drug-likeness (QED) is 0.836. The Morgan fingerprint density at radius 2 is 2.18 bits per heavy atom. The zero-order valence-corrected chi connectivity index (χ0v) is 10.8. The molecule has 1 heterocycles. The summed E-state index contributed by atoms with van der Waals surface area (Å²) in [6.45, 7) is 2.20. The fourth-order valence-electron chi connectivity index (χ4n) is 2.71. The van der Waals surface area contributed by atoms with Gasteiger partial charge in [-0.3, -0.25) is 0 Å². The zero-order valence-electron chi connectivity index (χ0n) is 9.94. The number of hydrogen-bond donors (Lipinski definition) is 1. The number of nitrogens with two attached hydrogens (primary N) is 1. The van der Waals surface area contributed by atoms with E-state index in [9.17, 15) is 0 Å². The topological polar surface area (TPSA) is 38.9 Å². The molecule has 88 valence electrons. The SMILES string of the molecule is Cc1ccccc1C1CCc2nc(N)sc2C1. The number of anilines is 1. The lowest BCUT2D eigenvalue weighted by molar-refractivity contribution is 0.582. The fourth-order valence-corrected chi connectivity index (χ4v) is 3.66. The number of hydrogen-bond acceptors (Lipinski definition) is 3. The summed E-state index contributed by atoms with van der Waals surface area (Å²) >= 11 is 1.66. The molecule has 1 aliphatic rings. The molecule has 1 atom stereocenters. The van der Waals surface area contributed by atoms with E-state index in [1.807, 2.05) is 0 Å². The van der Waals surface area contributed by atoms with Crippen molar-refractivity contribution in [3.05, 3.63) is 46.0 Å². The molecule has 0 spiro atoms. The first-order valence-corrected chi connectivity index (χ1v) is 6.85. The second-order valence-electron chi connectivity index (χ2n) is 4.72. The summed E-state index contributed by atoms with van der Waals surface area (Å²) in [6.07, 6.45) is 3.37. The number of nitrogens with zero attached hydrogens (tertiary/aromatic N) is 1. The minimum atomic E-state index is 0.642. The van der Waals surface area contributed by atoms with Gasteiger partial charge in [0.05, 0.1) is 5.69 Å². The normalized spacial score (nSPS) is 19.0. The molecule has 2 nitrogen and oxygen atoms in total. The third-order valence-electron chi connectivity index (χ3n) is 3.58. The van der Waals surface area contributed by atoms with Crippen LogP contribution in [0.4, 0.5) is 5.13 Å². The lowest BCUT2D eigenvalue weighted by Gasteiger charge is -2.23. The van der Waals surface area contributed by atoms with Crippen molar-refractivity contribution in [3.8, 4) is 0 Å². The molecule has 17 heavy (non-hydrogen) atoms. The van der Waals surface area contributed by atoms with E-state index < -0.39 is 0 Å². The second kappa shape index (κ2) is 4.15.